The predicted octanol–water partition coefficient (Wildman–Crippen LogP) is 6.19. The Morgan fingerprint density at radius 3 is 1.35 bits per heavy atom. The van der Waals surface area contributed by atoms with Crippen LogP contribution in [0.4, 0.5) is 21.0 Å². The molecule has 0 spiro atoms. The predicted molar refractivity (Wildman–Crippen MR) is 160 cm³/mol. The van der Waals surface area contributed by atoms with Crippen LogP contribution in [0.25, 0.3) is 0 Å². The molecule has 2 N–H and O–H groups in total. The quantitative estimate of drug-likeness (QED) is 0.329. The van der Waals surface area contributed by atoms with Crippen LogP contribution in [0.5, 0.6) is 0 Å². The van der Waals surface area contributed by atoms with Crippen LogP contribution in [0.15, 0.2) is 60.7 Å². The van der Waals surface area contributed by atoms with E-state index in [0.717, 1.165) is 68.3 Å². The Morgan fingerprint density at radius 1 is 0.600 bits per heavy atom. The van der Waals surface area contributed by atoms with Gasteiger partial charge in [0.1, 0.15) is 0 Å². The Labute approximate surface area is 241 Å². The molecule has 5 rings (SSSR count). The Bertz CT molecular complexity index is 1400. The van der Waals surface area contributed by atoms with Gasteiger partial charge in [-0.2, -0.15) is 0 Å². The van der Waals surface area contributed by atoms with Gasteiger partial charge >= 0.3 is 0 Å². The molecule has 2 saturated heterocycles. The van der Waals surface area contributed by atoms with Crippen molar-refractivity contribution in [1.29, 1.82) is 0 Å². The van der Waals surface area contributed by atoms with Gasteiger partial charge in [-0.05, 0) is 96.7 Å². The van der Waals surface area contributed by atoms with Crippen LogP contribution in [-0.4, -0.2) is 42.8 Å². The number of thioether (sulfide) groups is 2. The summed E-state index contributed by atoms with van der Waals surface area (Å²) in [5.74, 6) is -0.569. The zero-order valence-corrected chi connectivity index (χ0v) is 24.3. The maximum atomic E-state index is 13.0. The molecule has 206 valence electrons. The van der Waals surface area contributed by atoms with Crippen LogP contribution in [0.2, 0.25) is 0 Å². The summed E-state index contributed by atoms with van der Waals surface area (Å²) in [6.07, 6.45) is 0. The van der Waals surface area contributed by atoms with Crippen molar-refractivity contribution in [3.63, 3.8) is 0 Å². The second-order valence-corrected chi connectivity index (χ2v) is 12.2. The van der Waals surface area contributed by atoms with Crippen LogP contribution >= 0.6 is 23.5 Å². The number of nitrogens with zero attached hydrogens (tertiary/aromatic N) is 2. The van der Waals surface area contributed by atoms with E-state index in [1.165, 1.54) is 9.80 Å². The SMILES string of the molecule is Cc1ccc(C)c(N[C@@H]2SC(=O)N(Cc3ccc(CN4C(=O)S[C@@H](Nc5cc(C)ccc5C)C4=O)cc3)C2=O)c1. The van der Waals surface area contributed by atoms with Gasteiger partial charge in [0.15, 0.2) is 10.7 Å². The van der Waals surface area contributed by atoms with Gasteiger partial charge in [0.2, 0.25) is 0 Å². The zero-order chi connectivity index (χ0) is 28.6. The minimum atomic E-state index is -0.679. The number of hydrogen-bond acceptors (Lipinski definition) is 8. The highest BCUT2D eigenvalue weighted by atomic mass is 32.2. The molecule has 2 aliphatic heterocycles. The number of carbonyl (C=O) groups excluding carboxylic acids is 4. The largest absolute Gasteiger partial charge is 0.365 e. The first-order chi connectivity index (χ1) is 19.1. The Kier molecular flexibility index (Phi) is 7.91. The molecule has 0 aliphatic carbocycles. The second-order valence-electron chi connectivity index (χ2n) is 10.1. The molecule has 3 aromatic rings. The molecule has 0 bridgehead atoms. The number of amides is 4. The van der Waals surface area contributed by atoms with Gasteiger partial charge in [0.25, 0.3) is 22.3 Å². The van der Waals surface area contributed by atoms with Gasteiger partial charge in [0.05, 0.1) is 13.1 Å². The van der Waals surface area contributed by atoms with Crippen LogP contribution in [0.1, 0.15) is 33.4 Å². The summed E-state index contributed by atoms with van der Waals surface area (Å²) >= 11 is 1.95. The van der Waals surface area contributed by atoms with Crippen molar-refractivity contribution in [1.82, 2.24) is 9.80 Å². The highest BCUT2D eigenvalue weighted by molar-refractivity contribution is 8.15. The lowest BCUT2D eigenvalue weighted by molar-refractivity contribution is -0.127. The number of nitrogens with one attached hydrogen (secondary N) is 2. The van der Waals surface area contributed by atoms with Gasteiger partial charge < -0.3 is 10.6 Å². The summed E-state index contributed by atoms with van der Waals surface area (Å²) in [7, 11) is 0. The monoisotopic (exact) mass is 574 g/mol. The average molecular weight is 575 g/mol. The molecule has 0 unspecified atom stereocenters. The maximum Gasteiger partial charge on any atom is 0.291 e. The first kappa shape index (κ1) is 27.8. The van der Waals surface area contributed by atoms with Crippen molar-refractivity contribution in [2.45, 2.75) is 51.5 Å². The Hall–Kier alpha value is -3.76. The van der Waals surface area contributed by atoms with E-state index in [9.17, 15) is 19.2 Å². The number of carbonyl (C=O) groups is 4. The number of rotatable bonds is 8. The number of hydrogen-bond donors (Lipinski definition) is 2. The van der Waals surface area contributed by atoms with E-state index in [1.807, 2.05) is 88.4 Å². The highest BCUT2D eigenvalue weighted by Crippen LogP contribution is 2.32. The summed E-state index contributed by atoms with van der Waals surface area (Å²) in [4.78, 5) is 53.8. The third kappa shape index (κ3) is 5.88. The van der Waals surface area contributed by atoms with Crippen molar-refractivity contribution in [3.05, 3.63) is 94.0 Å². The van der Waals surface area contributed by atoms with Gasteiger partial charge in [-0.25, -0.2) is 0 Å². The molecule has 0 aromatic heterocycles. The lowest BCUT2D eigenvalue weighted by Crippen LogP contribution is -2.34. The van der Waals surface area contributed by atoms with E-state index in [1.54, 1.807) is 0 Å². The van der Waals surface area contributed by atoms with Gasteiger partial charge in [-0.1, -0.05) is 48.5 Å². The van der Waals surface area contributed by atoms with Crippen molar-refractivity contribution < 1.29 is 19.2 Å². The smallest absolute Gasteiger partial charge is 0.291 e. The lowest BCUT2D eigenvalue weighted by atomic mass is 10.1. The molecule has 2 heterocycles. The van der Waals surface area contributed by atoms with E-state index >= 15 is 0 Å². The minimum Gasteiger partial charge on any atom is -0.365 e. The molecule has 3 aromatic carbocycles. The summed E-state index contributed by atoms with van der Waals surface area (Å²) in [5, 5.41) is 4.45. The zero-order valence-electron chi connectivity index (χ0n) is 22.7. The molecule has 40 heavy (non-hydrogen) atoms. The summed E-state index contributed by atoms with van der Waals surface area (Å²) in [5.41, 5.74) is 7.36. The summed E-state index contributed by atoms with van der Waals surface area (Å²) in [6.45, 7) is 8.16. The molecular formula is C30H30N4O4S2. The number of imide groups is 2. The molecule has 2 fully saturated rings. The molecule has 8 nitrogen and oxygen atoms in total. The fourth-order valence-electron chi connectivity index (χ4n) is 4.54. The van der Waals surface area contributed by atoms with E-state index in [-0.39, 0.29) is 35.4 Å². The lowest BCUT2D eigenvalue weighted by Gasteiger charge is -2.17. The van der Waals surface area contributed by atoms with Gasteiger partial charge in [0, 0.05) is 11.4 Å². The number of anilines is 2. The van der Waals surface area contributed by atoms with Crippen molar-refractivity contribution in [2.24, 2.45) is 0 Å². The van der Waals surface area contributed by atoms with Crippen molar-refractivity contribution >= 4 is 57.2 Å². The van der Waals surface area contributed by atoms with Gasteiger partial charge in [-0.3, -0.25) is 29.0 Å². The maximum absolute atomic E-state index is 13.0. The average Bonchev–Trinajstić information content (AvgIpc) is 3.33. The van der Waals surface area contributed by atoms with E-state index in [2.05, 4.69) is 10.6 Å². The first-order valence-corrected chi connectivity index (χ1v) is 14.6. The van der Waals surface area contributed by atoms with Crippen LogP contribution < -0.4 is 10.6 Å². The summed E-state index contributed by atoms with van der Waals surface area (Å²) in [6, 6.07) is 19.1. The number of benzene rings is 3. The van der Waals surface area contributed by atoms with Crippen molar-refractivity contribution in [2.75, 3.05) is 10.6 Å². The second kappa shape index (κ2) is 11.4. The molecule has 0 radical (unpaired) electrons. The van der Waals surface area contributed by atoms with E-state index in [4.69, 9.17) is 0 Å². The standard InChI is InChI=1S/C30H30N4O4S2/c1-17-5-7-19(3)23(13-17)31-25-27(35)33(29(37)39-25)15-21-9-11-22(12-10-21)16-34-28(36)26(40-30(34)38)32-24-14-18(2)6-8-20(24)4/h5-14,25-26,31-32H,15-16H2,1-4H3/t25-,26-/m1/s1. The molecular weight excluding hydrogens is 544 g/mol. The van der Waals surface area contributed by atoms with Crippen LogP contribution in [0.3, 0.4) is 0 Å². The Morgan fingerprint density at radius 2 is 0.975 bits per heavy atom. The fraction of sp³-hybridized carbons (Fsp3) is 0.267. The third-order valence-corrected chi connectivity index (χ3v) is 8.88. The topological polar surface area (TPSA) is 98.8 Å². The molecule has 2 atom stereocenters. The molecule has 0 saturated carbocycles. The molecule has 10 heteroatoms. The minimum absolute atomic E-state index is 0.148. The van der Waals surface area contributed by atoms with E-state index in [0.29, 0.717) is 0 Å². The molecule has 2 aliphatic rings. The van der Waals surface area contributed by atoms with Gasteiger partial charge in [-0.15, -0.1) is 0 Å². The van der Waals surface area contributed by atoms with Crippen LogP contribution in [-0.2, 0) is 22.7 Å². The summed E-state index contributed by atoms with van der Waals surface area (Å²) < 4.78 is 0. The molecule has 4 amide bonds. The first-order valence-electron chi connectivity index (χ1n) is 12.9. The van der Waals surface area contributed by atoms with Crippen molar-refractivity contribution in [3.8, 4) is 0 Å². The third-order valence-electron chi connectivity index (χ3n) is 6.92. The fourth-order valence-corrected chi connectivity index (χ4v) is 6.34. The Balaban J connectivity index is 1.20. The van der Waals surface area contributed by atoms with Crippen LogP contribution in [0, 0.1) is 27.7 Å². The normalized spacial score (nSPS) is 19.1. The number of aryl methyl sites for hydroxylation is 4. The van der Waals surface area contributed by atoms with E-state index < -0.39 is 10.7 Å². The highest BCUT2D eigenvalue weighted by Gasteiger charge is 2.41.